The van der Waals surface area contributed by atoms with E-state index in [1.54, 1.807) is 42.6 Å². The molecule has 1 aliphatic rings. The molecule has 2 aromatic carbocycles. The molecule has 1 fully saturated rings. The first kappa shape index (κ1) is 20.6. The lowest BCUT2D eigenvalue weighted by molar-refractivity contribution is -0.384. The van der Waals surface area contributed by atoms with Crippen LogP contribution >= 0.6 is 0 Å². The van der Waals surface area contributed by atoms with Crippen LogP contribution in [0.2, 0.25) is 0 Å². The molecule has 9 heteroatoms. The molecule has 2 heterocycles. The summed E-state index contributed by atoms with van der Waals surface area (Å²) in [5.41, 5.74) is 1.74. The number of phenolic OH excluding ortho intramolecular Hbond substituents is 1. The zero-order valence-corrected chi connectivity index (χ0v) is 17.5. The summed E-state index contributed by atoms with van der Waals surface area (Å²) in [7, 11) is 0. The number of aromatic hydroxyl groups is 1. The number of nitrogens with zero attached hydrogens (tertiary/aromatic N) is 3. The number of nitro benzene ring substituents is 1. The van der Waals surface area contributed by atoms with Gasteiger partial charge in [0.25, 0.3) is 5.69 Å². The van der Waals surface area contributed by atoms with E-state index in [-0.39, 0.29) is 23.2 Å². The molecule has 2 aromatic heterocycles. The predicted octanol–water partition coefficient (Wildman–Crippen LogP) is 4.95. The molecule has 2 N–H and O–H groups in total. The number of phenols is 1. The summed E-state index contributed by atoms with van der Waals surface area (Å²) in [6.07, 6.45) is 4.69. The fraction of sp³-hybridized carbons (Fsp3) is 0.208. The van der Waals surface area contributed by atoms with Crippen molar-refractivity contribution >= 4 is 28.5 Å². The largest absolute Gasteiger partial charge is 0.507 e. The maximum absolute atomic E-state index is 13.4. The molecule has 166 valence electrons. The zero-order valence-electron chi connectivity index (χ0n) is 17.5. The van der Waals surface area contributed by atoms with Gasteiger partial charge in [-0.2, -0.15) is 4.98 Å². The molecule has 0 unspecified atom stereocenters. The van der Waals surface area contributed by atoms with E-state index in [0.717, 1.165) is 18.4 Å². The van der Waals surface area contributed by atoms with Crippen molar-refractivity contribution in [2.75, 3.05) is 5.32 Å². The van der Waals surface area contributed by atoms with Crippen LogP contribution in [-0.2, 0) is 10.2 Å². The minimum Gasteiger partial charge on any atom is -0.507 e. The van der Waals surface area contributed by atoms with Gasteiger partial charge in [0.05, 0.1) is 15.9 Å². The van der Waals surface area contributed by atoms with Crippen LogP contribution in [0, 0.1) is 10.1 Å². The van der Waals surface area contributed by atoms with Gasteiger partial charge in [0.1, 0.15) is 5.75 Å². The Balaban J connectivity index is 1.41. The molecule has 0 spiro atoms. The van der Waals surface area contributed by atoms with E-state index in [1.807, 2.05) is 0 Å². The lowest BCUT2D eigenvalue weighted by Crippen LogP contribution is -2.38. The Bertz CT molecular complexity index is 1320. The highest BCUT2D eigenvalue weighted by Gasteiger charge is 2.43. The maximum atomic E-state index is 13.4. The van der Waals surface area contributed by atoms with Crippen molar-refractivity contribution in [3.8, 4) is 17.2 Å². The molecule has 9 nitrogen and oxygen atoms in total. The third kappa shape index (κ3) is 3.67. The summed E-state index contributed by atoms with van der Waals surface area (Å²) in [6.45, 7) is 0. The van der Waals surface area contributed by atoms with Crippen LogP contribution in [0.15, 0.2) is 65.2 Å². The zero-order chi connectivity index (χ0) is 23.0. The summed E-state index contributed by atoms with van der Waals surface area (Å²) in [5.74, 6) is -0.0561. The smallest absolute Gasteiger partial charge is 0.269 e. The average molecular weight is 444 g/mol. The number of nitrogens with one attached hydrogen (secondary N) is 1. The van der Waals surface area contributed by atoms with Gasteiger partial charge in [0, 0.05) is 30.1 Å². The molecule has 0 radical (unpaired) electrons. The van der Waals surface area contributed by atoms with E-state index < -0.39 is 10.3 Å². The second-order valence-corrected chi connectivity index (χ2v) is 8.12. The number of benzene rings is 2. The highest BCUT2D eigenvalue weighted by atomic mass is 16.6. The van der Waals surface area contributed by atoms with Crippen LogP contribution in [-0.4, -0.2) is 25.9 Å². The van der Waals surface area contributed by atoms with Crippen molar-refractivity contribution in [3.05, 3.63) is 76.5 Å². The molecular formula is C24H20N4O5. The molecular weight excluding hydrogens is 424 g/mol. The molecule has 1 saturated carbocycles. The topological polar surface area (TPSA) is 131 Å². The fourth-order valence-electron chi connectivity index (χ4n) is 4.45. The first-order valence-corrected chi connectivity index (χ1v) is 10.6. The highest BCUT2D eigenvalue weighted by Crippen LogP contribution is 2.43. The Kier molecular flexibility index (Phi) is 5.01. The van der Waals surface area contributed by atoms with E-state index >= 15 is 0 Å². The number of rotatable bonds is 5. The van der Waals surface area contributed by atoms with Crippen molar-refractivity contribution in [2.45, 2.75) is 31.1 Å². The molecule has 0 bridgehead atoms. The molecule has 0 saturated heterocycles. The molecule has 4 aromatic rings. The number of carbonyl (C=O) groups excluding carboxylic acids is 1. The Morgan fingerprint density at radius 3 is 2.55 bits per heavy atom. The summed E-state index contributed by atoms with van der Waals surface area (Å²) < 4.78 is 5.67. The lowest BCUT2D eigenvalue weighted by atomic mass is 9.78. The monoisotopic (exact) mass is 444 g/mol. The SMILES string of the molecule is O=C(Nc1ccc(-c2nc3ncccc3o2)c(O)c1)C1(c2ccc([N+](=O)[O-])cc2)CCCC1. The van der Waals surface area contributed by atoms with Gasteiger partial charge in [0.2, 0.25) is 11.8 Å². The summed E-state index contributed by atoms with van der Waals surface area (Å²) in [4.78, 5) is 32.3. The van der Waals surface area contributed by atoms with Crippen LogP contribution in [0.5, 0.6) is 5.75 Å². The minimum absolute atomic E-state index is 0.0118. The number of nitro groups is 1. The molecule has 1 amide bonds. The second-order valence-electron chi connectivity index (χ2n) is 8.12. The molecule has 0 atom stereocenters. The molecule has 0 aliphatic heterocycles. The third-order valence-electron chi connectivity index (χ3n) is 6.17. The molecule has 5 rings (SSSR count). The van der Waals surface area contributed by atoms with Gasteiger partial charge < -0.3 is 14.8 Å². The van der Waals surface area contributed by atoms with Gasteiger partial charge >= 0.3 is 0 Å². The first-order valence-electron chi connectivity index (χ1n) is 10.6. The highest BCUT2D eigenvalue weighted by molar-refractivity contribution is 6.00. The number of pyridine rings is 1. The van der Waals surface area contributed by atoms with E-state index in [1.165, 1.54) is 18.2 Å². The minimum atomic E-state index is -0.768. The van der Waals surface area contributed by atoms with Gasteiger partial charge in [-0.15, -0.1) is 0 Å². The number of anilines is 1. The lowest BCUT2D eigenvalue weighted by Gasteiger charge is -2.28. The van der Waals surface area contributed by atoms with Gasteiger partial charge in [-0.3, -0.25) is 14.9 Å². The van der Waals surface area contributed by atoms with Gasteiger partial charge in [0.15, 0.2) is 11.2 Å². The summed E-state index contributed by atoms with van der Waals surface area (Å²) in [5, 5.41) is 24.5. The molecule has 33 heavy (non-hydrogen) atoms. The first-order chi connectivity index (χ1) is 16.0. The van der Waals surface area contributed by atoms with Gasteiger partial charge in [-0.05, 0) is 42.7 Å². The van der Waals surface area contributed by atoms with Crippen LogP contribution in [0.25, 0.3) is 22.7 Å². The van der Waals surface area contributed by atoms with Gasteiger partial charge in [-0.25, -0.2) is 4.98 Å². The van der Waals surface area contributed by atoms with Crippen LogP contribution in [0.4, 0.5) is 11.4 Å². The maximum Gasteiger partial charge on any atom is 0.269 e. The van der Waals surface area contributed by atoms with Crippen molar-refractivity contribution in [3.63, 3.8) is 0 Å². The number of carbonyl (C=O) groups is 1. The number of non-ortho nitro benzene ring substituents is 1. The summed E-state index contributed by atoms with van der Waals surface area (Å²) >= 11 is 0. The van der Waals surface area contributed by atoms with Crippen LogP contribution < -0.4 is 5.32 Å². The number of fused-ring (bicyclic) bond motifs is 1. The van der Waals surface area contributed by atoms with Crippen molar-refractivity contribution in [1.82, 2.24) is 9.97 Å². The van der Waals surface area contributed by atoms with E-state index in [2.05, 4.69) is 15.3 Å². The Labute approximate surface area is 188 Å². The molecule has 1 aliphatic carbocycles. The Morgan fingerprint density at radius 1 is 1.12 bits per heavy atom. The van der Waals surface area contributed by atoms with Crippen LogP contribution in [0.3, 0.4) is 0 Å². The van der Waals surface area contributed by atoms with E-state index in [4.69, 9.17) is 4.42 Å². The van der Waals surface area contributed by atoms with Gasteiger partial charge in [-0.1, -0.05) is 25.0 Å². The van der Waals surface area contributed by atoms with Crippen LogP contribution in [0.1, 0.15) is 31.2 Å². The quantitative estimate of drug-likeness (QED) is 0.329. The van der Waals surface area contributed by atoms with E-state index in [0.29, 0.717) is 35.3 Å². The Hall–Kier alpha value is -4.27. The van der Waals surface area contributed by atoms with E-state index in [9.17, 15) is 20.0 Å². The average Bonchev–Trinajstić information content (AvgIpc) is 3.47. The second kappa shape index (κ2) is 8.01. The predicted molar refractivity (Wildman–Crippen MR) is 121 cm³/mol. The number of hydrogen-bond acceptors (Lipinski definition) is 7. The van der Waals surface area contributed by atoms with Crippen molar-refractivity contribution in [1.29, 1.82) is 0 Å². The number of hydrogen-bond donors (Lipinski definition) is 2. The number of oxazole rings is 1. The normalized spacial score (nSPS) is 14.9. The Morgan fingerprint density at radius 2 is 1.88 bits per heavy atom. The number of aromatic nitrogens is 2. The summed E-state index contributed by atoms with van der Waals surface area (Å²) in [6, 6.07) is 14.4. The standard InChI is InChI=1S/C24H20N4O5/c29-19-14-16(7-10-18(19)22-27-21-20(33-22)4-3-13-25-21)26-23(30)24(11-1-2-12-24)15-5-8-17(9-6-15)28(31)32/h3-10,13-14,29H,1-2,11-12H2,(H,26,30). The fourth-order valence-corrected chi connectivity index (χ4v) is 4.45. The third-order valence-corrected chi connectivity index (χ3v) is 6.17. The van der Waals surface area contributed by atoms with Crippen molar-refractivity contribution < 1.29 is 19.2 Å². The van der Waals surface area contributed by atoms with Crippen molar-refractivity contribution in [2.24, 2.45) is 0 Å². The number of amides is 1.